The number of aliphatic hydroxyl groups excluding tert-OH is 2. The highest BCUT2D eigenvalue weighted by molar-refractivity contribution is 4.88. The second-order valence-electron chi connectivity index (χ2n) is 1.53. The standard InChI is InChI=1S/C4H10O3.C4H6/c5-1-3-7-4-2-6;1-3-4-2/h5-6H,1-4H2;3-4H,1-2H2. The Morgan fingerprint density at radius 2 is 1.36 bits per heavy atom. The number of allylic oxidation sites excluding steroid dienone is 2. The van der Waals surface area contributed by atoms with Crippen LogP contribution in [-0.4, -0.2) is 36.6 Å². The van der Waals surface area contributed by atoms with E-state index in [1.165, 1.54) is 0 Å². The number of aliphatic hydroxyl groups is 2. The third-order valence-corrected chi connectivity index (χ3v) is 0.638. The lowest BCUT2D eigenvalue weighted by Gasteiger charge is -1.94. The molecular weight excluding hydrogens is 144 g/mol. The zero-order chi connectivity index (χ0) is 8.95. The zero-order valence-corrected chi connectivity index (χ0v) is 6.70. The molecule has 0 atom stereocenters. The van der Waals surface area contributed by atoms with Crippen LogP contribution in [0.5, 0.6) is 0 Å². The number of hydrogen-bond acceptors (Lipinski definition) is 3. The topological polar surface area (TPSA) is 49.7 Å². The molecule has 0 heterocycles. The molecule has 0 aliphatic rings. The predicted molar refractivity (Wildman–Crippen MR) is 45.4 cm³/mol. The van der Waals surface area contributed by atoms with E-state index in [9.17, 15) is 0 Å². The molecule has 0 fully saturated rings. The molecule has 2 N–H and O–H groups in total. The summed E-state index contributed by atoms with van der Waals surface area (Å²) < 4.78 is 4.63. The molecule has 0 aliphatic carbocycles. The fourth-order valence-corrected chi connectivity index (χ4v) is 0.231. The second-order valence-corrected chi connectivity index (χ2v) is 1.53. The summed E-state index contributed by atoms with van der Waals surface area (Å²) in [6, 6.07) is 0. The van der Waals surface area contributed by atoms with Gasteiger partial charge in [0.1, 0.15) is 0 Å². The first-order valence-electron chi connectivity index (χ1n) is 3.36. The molecular formula is C8H16O3. The second kappa shape index (κ2) is 16.2. The molecule has 66 valence electrons. The third kappa shape index (κ3) is 26.7. The highest BCUT2D eigenvalue weighted by atomic mass is 16.5. The van der Waals surface area contributed by atoms with Crippen LogP contribution in [0.3, 0.4) is 0 Å². The molecule has 11 heavy (non-hydrogen) atoms. The largest absolute Gasteiger partial charge is 0.394 e. The van der Waals surface area contributed by atoms with Gasteiger partial charge in [0.15, 0.2) is 0 Å². The summed E-state index contributed by atoms with van der Waals surface area (Å²) in [5.41, 5.74) is 0. The van der Waals surface area contributed by atoms with E-state index in [1.807, 2.05) is 0 Å². The van der Waals surface area contributed by atoms with Crippen molar-refractivity contribution in [1.29, 1.82) is 0 Å². The zero-order valence-electron chi connectivity index (χ0n) is 6.70. The molecule has 0 bridgehead atoms. The smallest absolute Gasteiger partial charge is 0.0698 e. The van der Waals surface area contributed by atoms with E-state index in [-0.39, 0.29) is 13.2 Å². The molecule has 0 aliphatic heterocycles. The molecule has 0 radical (unpaired) electrons. The Balaban J connectivity index is 0. The van der Waals surface area contributed by atoms with E-state index in [0.29, 0.717) is 13.2 Å². The highest BCUT2D eigenvalue weighted by Gasteiger charge is 1.79. The first-order chi connectivity index (χ1) is 5.33. The average molecular weight is 160 g/mol. The van der Waals surface area contributed by atoms with Gasteiger partial charge in [0, 0.05) is 0 Å². The first-order valence-corrected chi connectivity index (χ1v) is 3.36. The van der Waals surface area contributed by atoms with Crippen LogP contribution < -0.4 is 0 Å². The van der Waals surface area contributed by atoms with Crippen molar-refractivity contribution in [2.75, 3.05) is 26.4 Å². The molecule has 0 aromatic carbocycles. The molecule has 3 heteroatoms. The molecule has 0 amide bonds. The summed E-state index contributed by atoms with van der Waals surface area (Å²) in [5, 5.41) is 16.2. The van der Waals surface area contributed by atoms with Crippen LogP contribution in [0.1, 0.15) is 0 Å². The van der Waals surface area contributed by atoms with E-state index >= 15 is 0 Å². The number of rotatable bonds is 5. The minimum atomic E-state index is 0.0278. The molecule has 3 nitrogen and oxygen atoms in total. The van der Waals surface area contributed by atoms with Crippen molar-refractivity contribution in [3.05, 3.63) is 25.3 Å². The fourth-order valence-electron chi connectivity index (χ4n) is 0.231. The van der Waals surface area contributed by atoms with E-state index in [0.717, 1.165) is 0 Å². The van der Waals surface area contributed by atoms with E-state index in [2.05, 4.69) is 17.9 Å². The average Bonchev–Trinajstić information content (AvgIpc) is 2.06. The van der Waals surface area contributed by atoms with Crippen molar-refractivity contribution in [2.24, 2.45) is 0 Å². The minimum absolute atomic E-state index is 0.0278. The monoisotopic (exact) mass is 160 g/mol. The Morgan fingerprint density at radius 1 is 1.00 bits per heavy atom. The maximum Gasteiger partial charge on any atom is 0.0698 e. The summed E-state index contributed by atoms with van der Waals surface area (Å²) in [7, 11) is 0. The van der Waals surface area contributed by atoms with Crippen molar-refractivity contribution < 1.29 is 14.9 Å². The predicted octanol–water partition coefficient (Wildman–Crippen LogP) is 0.346. The van der Waals surface area contributed by atoms with Crippen LogP contribution in [0.25, 0.3) is 0 Å². The van der Waals surface area contributed by atoms with Gasteiger partial charge < -0.3 is 14.9 Å². The molecule has 0 unspecified atom stereocenters. The summed E-state index contributed by atoms with van der Waals surface area (Å²) >= 11 is 0. The third-order valence-electron chi connectivity index (χ3n) is 0.638. The number of ether oxygens (including phenoxy) is 1. The lowest BCUT2D eigenvalue weighted by molar-refractivity contribution is 0.0650. The van der Waals surface area contributed by atoms with Crippen LogP contribution in [-0.2, 0) is 4.74 Å². The Labute approximate surface area is 67.6 Å². The van der Waals surface area contributed by atoms with E-state index in [4.69, 9.17) is 10.2 Å². The van der Waals surface area contributed by atoms with Gasteiger partial charge in [0.05, 0.1) is 26.4 Å². The summed E-state index contributed by atoms with van der Waals surface area (Å²) in [5.74, 6) is 0. The Morgan fingerprint density at radius 3 is 1.55 bits per heavy atom. The minimum Gasteiger partial charge on any atom is -0.394 e. The van der Waals surface area contributed by atoms with Crippen LogP contribution >= 0.6 is 0 Å². The van der Waals surface area contributed by atoms with Gasteiger partial charge in [0.2, 0.25) is 0 Å². The Bertz CT molecular complexity index is 71.4. The maximum atomic E-state index is 8.09. The Hall–Kier alpha value is -0.640. The first kappa shape index (κ1) is 13.0. The van der Waals surface area contributed by atoms with E-state index in [1.54, 1.807) is 12.2 Å². The van der Waals surface area contributed by atoms with Crippen molar-refractivity contribution in [3.8, 4) is 0 Å². The fraction of sp³-hybridized carbons (Fsp3) is 0.500. The van der Waals surface area contributed by atoms with Gasteiger partial charge in [-0.25, -0.2) is 0 Å². The van der Waals surface area contributed by atoms with Gasteiger partial charge in [-0.3, -0.25) is 0 Å². The molecule has 0 spiro atoms. The molecule has 0 saturated heterocycles. The maximum absolute atomic E-state index is 8.09. The van der Waals surface area contributed by atoms with Crippen molar-refractivity contribution in [2.45, 2.75) is 0 Å². The molecule has 0 saturated carbocycles. The summed E-state index contributed by atoms with van der Waals surface area (Å²) in [4.78, 5) is 0. The van der Waals surface area contributed by atoms with Gasteiger partial charge in [-0.15, -0.1) is 0 Å². The quantitative estimate of drug-likeness (QED) is 0.450. The van der Waals surface area contributed by atoms with Crippen molar-refractivity contribution >= 4 is 0 Å². The molecule has 0 rings (SSSR count). The highest BCUT2D eigenvalue weighted by Crippen LogP contribution is 1.68. The van der Waals surface area contributed by atoms with Gasteiger partial charge >= 0.3 is 0 Å². The van der Waals surface area contributed by atoms with Gasteiger partial charge in [-0.1, -0.05) is 25.3 Å². The van der Waals surface area contributed by atoms with Crippen molar-refractivity contribution in [1.82, 2.24) is 0 Å². The van der Waals surface area contributed by atoms with Gasteiger partial charge in [-0.05, 0) is 0 Å². The normalized spacial score (nSPS) is 7.82. The Kier molecular flexibility index (Phi) is 19.1. The van der Waals surface area contributed by atoms with Crippen LogP contribution in [0, 0.1) is 0 Å². The van der Waals surface area contributed by atoms with Gasteiger partial charge in [0.25, 0.3) is 0 Å². The lowest BCUT2D eigenvalue weighted by Crippen LogP contribution is -2.03. The molecule has 0 aromatic heterocycles. The van der Waals surface area contributed by atoms with Crippen molar-refractivity contribution in [3.63, 3.8) is 0 Å². The van der Waals surface area contributed by atoms with Crippen LogP contribution in [0.15, 0.2) is 25.3 Å². The number of hydrogen-bond donors (Lipinski definition) is 2. The SMILES string of the molecule is C=CC=C.OCCOCCO. The van der Waals surface area contributed by atoms with Gasteiger partial charge in [-0.2, -0.15) is 0 Å². The van der Waals surface area contributed by atoms with Crippen LogP contribution in [0.2, 0.25) is 0 Å². The van der Waals surface area contributed by atoms with Crippen LogP contribution in [0.4, 0.5) is 0 Å². The summed E-state index contributed by atoms with van der Waals surface area (Å²) in [6.45, 7) is 7.42. The molecule has 0 aromatic rings. The lowest BCUT2D eigenvalue weighted by atomic mass is 10.6. The summed E-state index contributed by atoms with van der Waals surface area (Å²) in [6.07, 6.45) is 3.28. The van der Waals surface area contributed by atoms with E-state index < -0.39 is 0 Å².